The topological polar surface area (TPSA) is 38.3 Å². The Balaban J connectivity index is 2.55. The van der Waals surface area contributed by atoms with Gasteiger partial charge in [0.1, 0.15) is 0 Å². The second-order valence-electron chi connectivity index (χ2n) is 6.46. The Labute approximate surface area is 145 Å². The number of carbonyl (C=O) groups excluding carboxylic acids is 1. The molecule has 1 atom stereocenters. The monoisotopic (exact) mass is 421 g/mol. The summed E-state index contributed by atoms with van der Waals surface area (Å²) in [5, 5.41) is 3.07. The van der Waals surface area contributed by atoms with Crippen LogP contribution >= 0.6 is 0 Å². The van der Waals surface area contributed by atoms with Gasteiger partial charge in [0.05, 0.1) is 0 Å². The number of hydrogen-bond acceptors (Lipinski definition) is 2. The molecule has 0 aromatic heterocycles. The van der Waals surface area contributed by atoms with Crippen molar-refractivity contribution in [3.63, 3.8) is 0 Å². The van der Waals surface area contributed by atoms with E-state index < -0.39 is 5.60 Å². The predicted molar refractivity (Wildman–Crippen MR) is 93.6 cm³/mol. The molecule has 0 fully saturated rings. The number of rotatable bonds is 8. The van der Waals surface area contributed by atoms with E-state index in [4.69, 9.17) is 4.74 Å². The van der Waals surface area contributed by atoms with Gasteiger partial charge in [-0.25, -0.2) is 0 Å². The van der Waals surface area contributed by atoms with Gasteiger partial charge in [-0.05, 0) is 0 Å². The first-order chi connectivity index (χ1) is 10.4. The number of hydrogen-bond donors (Lipinski definition) is 1. The molecule has 0 aliphatic heterocycles. The molecule has 1 N–H and O–H groups in total. The normalized spacial score (nSPS) is 12.7. The van der Waals surface area contributed by atoms with Gasteiger partial charge in [-0.15, -0.1) is 0 Å². The minimum absolute atomic E-state index is 0.0376. The molecule has 0 aliphatic rings. The van der Waals surface area contributed by atoms with E-state index in [-0.39, 0.29) is 33.1 Å². The van der Waals surface area contributed by atoms with Crippen LogP contribution in [0.2, 0.25) is 8.94 Å². The van der Waals surface area contributed by atoms with Crippen LogP contribution in [-0.2, 0) is 11.2 Å². The second-order valence-corrected chi connectivity index (χ2v) is 9.74. The van der Waals surface area contributed by atoms with Crippen molar-refractivity contribution < 1.29 is 9.53 Å². The maximum absolute atomic E-state index is 12.0. The Morgan fingerprint density at radius 1 is 1.27 bits per heavy atom. The van der Waals surface area contributed by atoms with Crippen molar-refractivity contribution in [1.29, 1.82) is 0 Å². The van der Waals surface area contributed by atoms with Crippen LogP contribution in [0.25, 0.3) is 0 Å². The van der Waals surface area contributed by atoms with Crippen LogP contribution in [0.4, 0.5) is 4.79 Å². The fourth-order valence-electron chi connectivity index (χ4n) is 2.00. The van der Waals surface area contributed by atoms with E-state index in [0.717, 1.165) is 10.9 Å². The first kappa shape index (κ1) is 19.3. The van der Waals surface area contributed by atoms with E-state index in [1.807, 2.05) is 39.0 Å². The summed E-state index contributed by atoms with van der Waals surface area (Å²) in [7, 11) is 0. The van der Waals surface area contributed by atoms with Crippen molar-refractivity contribution >= 4 is 27.0 Å². The average molecular weight is 419 g/mol. The third kappa shape index (κ3) is 9.33. The standard InChI is InChI=1S/C18H29NO2Te/c1-5-6-12-22-14-16(13-15-10-8-7-9-11-15)19-17(20)21-18(2,3)4/h7-11,16H,5-6,12-14H2,1-4H3,(H,19,20)/t16-/m0/s1. The zero-order valence-corrected chi connectivity index (χ0v) is 16.6. The van der Waals surface area contributed by atoms with Crippen LogP contribution in [-0.4, -0.2) is 38.7 Å². The molecule has 0 unspecified atom stereocenters. The van der Waals surface area contributed by atoms with E-state index in [1.54, 1.807) is 0 Å². The van der Waals surface area contributed by atoms with Crippen molar-refractivity contribution in [1.82, 2.24) is 5.32 Å². The van der Waals surface area contributed by atoms with Gasteiger partial charge in [-0.1, -0.05) is 0 Å². The van der Waals surface area contributed by atoms with Crippen molar-refractivity contribution in [2.75, 3.05) is 0 Å². The van der Waals surface area contributed by atoms with E-state index in [1.165, 1.54) is 22.9 Å². The number of alkyl carbamates (subject to hydrolysis) is 1. The Morgan fingerprint density at radius 3 is 2.55 bits per heavy atom. The molecule has 3 nitrogen and oxygen atoms in total. The summed E-state index contributed by atoms with van der Waals surface area (Å²) < 4.78 is 7.87. The fraction of sp³-hybridized carbons (Fsp3) is 0.611. The number of unbranched alkanes of at least 4 members (excludes halogenated alkanes) is 1. The number of ether oxygens (including phenoxy) is 1. The molecule has 1 aromatic rings. The number of benzene rings is 1. The van der Waals surface area contributed by atoms with Crippen molar-refractivity contribution in [2.24, 2.45) is 0 Å². The molecule has 0 heterocycles. The molecule has 0 bridgehead atoms. The molecule has 0 spiro atoms. The molecule has 0 radical (unpaired) electrons. The molecule has 0 saturated carbocycles. The Hall–Kier alpha value is -0.720. The van der Waals surface area contributed by atoms with Crippen LogP contribution in [0.1, 0.15) is 46.1 Å². The first-order valence-corrected chi connectivity index (χ1v) is 11.3. The van der Waals surface area contributed by atoms with Crippen LogP contribution in [0.5, 0.6) is 0 Å². The second kappa shape index (κ2) is 10.1. The van der Waals surface area contributed by atoms with E-state index in [9.17, 15) is 4.79 Å². The van der Waals surface area contributed by atoms with E-state index >= 15 is 0 Å². The first-order valence-electron chi connectivity index (χ1n) is 8.02. The van der Waals surface area contributed by atoms with Gasteiger partial charge in [-0.3, -0.25) is 0 Å². The zero-order chi connectivity index (χ0) is 16.4. The summed E-state index contributed by atoms with van der Waals surface area (Å²) in [6.07, 6.45) is 3.16. The van der Waals surface area contributed by atoms with Gasteiger partial charge in [-0.2, -0.15) is 0 Å². The van der Waals surface area contributed by atoms with Gasteiger partial charge in [0, 0.05) is 0 Å². The van der Waals surface area contributed by atoms with Gasteiger partial charge < -0.3 is 0 Å². The van der Waals surface area contributed by atoms with Crippen molar-refractivity contribution in [3.8, 4) is 0 Å². The maximum atomic E-state index is 12.0. The van der Waals surface area contributed by atoms with Crippen LogP contribution in [0, 0.1) is 0 Å². The van der Waals surface area contributed by atoms with Gasteiger partial charge in [0.2, 0.25) is 0 Å². The predicted octanol–water partition coefficient (Wildman–Crippen LogP) is 4.46. The minimum atomic E-state index is -0.444. The van der Waals surface area contributed by atoms with Crippen LogP contribution in [0.15, 0.2) is 30.3 Å². The summed E-state index contributed by atoms with van der Waals surface area (Å²) in [6, 6.07) is 10.6. The van der Waals surface area contributed by atoms with Gasteiger partial charge in [0.15, 0.2) is 0 Å². The Kier molecular flexibility index (Phi) is 8.90. The van der Waals surface area contributed by atoms with Crippen molar-refractivity contribution in [2.45, 2.75) is 67.5 Å². The van der Waals surface area contributed by atoms with Crippen molar-refractivity contribution in [3.05, 3.63) is 35.9 Å². The molecule has 1 aromatic carbocycles. The number of carbonyl (C=O) groups is 1. The molecular formula is C18H29NO2Te. The third-order valence-electron chi connectivity index (χ3n) is 3.01. The van der Waals surface area contributed by atoms with Gasteiger partial charge >= 0.3 is 145 Å². The Bertz CT molecular complexity index is 428. The van der Waals surface area contributed by atoms with E-state index in [0.29, 0.717) is 0 Å². The number of nitrogens with one attached hydrogen (secondary N) is 1. The Morgan fingerprint density at radius 2 is 1.95 bits per heavy atom. The molecule has 124 valence electrons. The molecule has 4 heteroatoms. The van der Waals surface area contributed by atoms with Crippen LogP contribution < -0.4 is 5.32 Å². The quantitative estimate of drug-likeness (QED) is 0.499. The summed E-state index contributed by atoms with van der Waals surface area (Å²) in [6.45, 7) is 7.92. The molecule has 0 saturated heterocycles. The summed E-state index contributed by atoms with van der Waals surface area (Å²) in [5.74, 6) is 0. The van der Waals surface area contributed by atoms with Crippen LogP contribution in [0.3, 0.4) is 0 Å². The SMILES string of the molecule is CCCC[Te]C[C@H](Cc1ccccc1)NC(=O)OC(C)(C)C. The zero-order valence-electron chi connectivity index (χ0n) is 14.2. The molecule has 1 amide bonds. The fourth-order valence-corrected chi connectivity index (χ4v) is 5.26. The molecule has 1 rings (SSSR count). The molecule has 22 heavy (non-hydrogen) atoms. The third-order valence-corrected chi connectivity index (χ3v) is 6.48. The summed E-state index contributed by atoms with van der Waals surface area (Å²) in [4.78, 5) is 12.0. The van der Waals surface area contributed by atoms with Gasteiger partial charge in [0.25, 0.3) is 0 Å². The number of amides is 1. The summed E-state index contributed by atoms with van der Waals surface area (Å²) >= 11 is -0.0376. The average Bonchev–Trinajstić information content (AvgIpc) is 2.42. The molecule has 0 aliphatic carbocycles. The van der Waals surface area contributed by atoms with E-state index in [2.05, 4.69) is 24.4 Å². The molecular weight excluding hydrogens is 390 g/mol. The summed E-state index contributed by atoms with van der Waals surface area (Å²) in [5.41, 5.74) is 0.826.